The Kier molecular flexibility index (Phi) is 4.94. The van der Waals surface area contributed by atoms with Crippen LogP contribution < -0.4 is 10.1 Å². The third-order valence-corrected chi connectivity index (χ3v) is 2.88. The highest BCUT2D eigenvalue weighted by atomic mass is 16.5. The molecule has 0 aliphatic heterocycles. The molecule has 2 rings (SSSR count). The van der Waals surface area contributed by atoms with Gasteiger partial charge < -0.3 is 19.3 Å². The summed E-state index contributed by atoms with van der Waals surface area (Å²) in [5.74, 6) is 1.50. The molecule has 2 aromatic rings. The van der Waals surface area contributed by atoms with Gasteiger partial charge in [0.2, 0.25) is 0 Å². The number of nitrogens with one attached hydrogen (secondary N) is 1. The molecule has 1 N–H and O–H groups in total. The van der Waals surface area contributed by atoms with Crippen molar-refractivity contribution in [3.63, 3.8) is 0 Å². The summed E-state index contributed by atoms with van der Waals surface area (Å²) in [6, 6.07) is 9.15. The number of benzene rings is 1. The Morgan fingerprint density at radius 3 is 2.90 bits per heavy atom. The predicted octanol–water partition coefficient (Wildman–Crippen LogP) is 2.54. The Bertz CT molecular complexity index is 609. The number of amides is 1. The molecule has 112 valence electrons. The van der Waals surface area contributed by atoms with Crippen LogP contribution in [0.5, 0.6) is 5.75 Å². The Morgan fingerprint density at radius 2 is 2.24 bits per heavy atom. The van der Waals surface area contributed by atoms with E-state index in [4.69, 9.17) is 14.0 Å². The number of hydrogen-bond donors (Lipinski definition) is 1. The van der Waals surface area contributed by atoms with Crippen LogP contribution in [-0.2, 0) is 16.1 Å². The monoisotopic (exact) mass is 290 g/mol. The summed E-state index contributed by atoms with van der Waals surface area (Å²) in [4.78, 5) is 11.9. The number of aryl methyl sites for hydroxylation is 1. The van der Waals surface area contributed by atoms with Crippen molar-refractivity contribution >= 4 is 11.7 Å². The molecule has 1 aromatic carbocycles. The fourth-order valence-corrected chi connectivity index (χ4v) is 1.71. The molecule has 0 saturated heterocycles. The van der Waals surface area contributed by atoms with Gasteiger partial charge in [-0.3, -0.25) is 4.79 Å². The van der Waals surface area contributed by atoms with Crippen LogP contribution in [-0.4, -0.2) is 24.3 Å². The minimum absolute atomic E-state index is 0.272. The second-order valence-electron chi connectivity index (χ2n) is 4.62. The summed E-state index contributed by atoms with van der Waals surface area (Å²) < 4.78 is 15.6. The molecule has 0 saturated carbocycles. The number of methoxy groups -OCH3 is 1. The highest BCUT2D eigenvalue weighted by Crippen LogP contribution is 2.14. The zero-order valence-corrected chi connectivity index (χ0v) is 12.3. The zero-order valence-electron chi connectivity index (χ0n) is 12.3. The van der Waals surface area contributed by atoms with Gasteiger partial charge in [0.25, 0.3) is 5.91 Å². The number of rotatable bonds is 6. The normalized spacial score (nSPS) is 12.0. The number of aromatic nitrogens is 1. The van der Waals surface area contributed by atoms with E-state index in [-0.39, 0.29) is 5.91 Å². The van der Waals surface area contributed by atoms with Crippen LogP contribution in [0.2, 0.25) is 0 Å². The van der Waals surface area contributed by atoms with Crippen molar-refractivity contribution in [1.82, 2.24) is 5.16 Å². The summed E-state index contributed by atoms with van der Waals surface area (Å²) >= 11 is 0. The fraction of sp³-hybridized carbons (Fsp3) is 0.333. The molecule has 0 aliphatic rings. The number of nitrogens with zero attached hydrogens (tertiary/aromatic N) is 1. The smallest absolute Gasteiger partial charge is 0.254 e. The Hall–Kier alpha value is -2.34. The average molecular weight is 290 g/mol. The van der Waals surface area contributed by atoms with Crippen LogP contribution in [0, 0.1) is 6.92 Å². The van der Waals surface area contributed by atoms with Crippen LogP contribution in [0.15, 0.2) is 34.9 Å². The molecule has 0 spiro atoms. The Morgan fingerprint density at radius 1 is 1.43 bits per heavy atom. The molecule has 0 fully saturated rings. The second-order valence-corrected chi connectivity index (χ2v) is 4.62. The van der Waals surface area contributed by atoms with E-state index in [1.165, 1.54) is 0 Å². The minimum atomic E-state index is -0.604. The number of carbonyl (C=O) groups excluding carboxylic acids is 1. The average Bonchev–Trinajstić information content (AvgIpc) is 2.90. The van der Waals surface area contributed by atoms with E-state index in [9.17, 15) is 4.79 Å². The second kappa shape index (κ2) is 6.90. The molecule has 6 heteroatoms. The van der Waals surface area contributed by atoms with Gasteiger partial charge in [-0.15, -0.1) is 0 Å². The van der Waals surface area contributed by atoms with Gasteiger partial charge >= 0.3 is 0 Å². The van der Waals surface area contributed by atoms with Gasteiger partial charge in [0.15, 0.2) is 5.82 Å². The van der Waals surface area contributed by atoms with Crippen molar-refractivity contribution in [3.8, 4) is 5.75 Å². The highest BCUT2D eigenvalue weighted by molar-refractivity contribution is 5.93. The van der Waals surface area contributed by atoms with Crippen LogP contribution in [0.25, 0.3) is 0 Å². The van der Waals surface area contributed by atoms with E-state index >= 15 is 0 Å². The fourth-order valence-electron chi connectivity index (χ4n) is 1.71. The van der Waals surface area contributed by atoms with Crippen molar-refractivity contribution in [1.29, 1.82) is 0 Å². The third-order valence-electron chi connectivity index (χ3n) is 2.88. The molecule has 1 amide bonds. The lowest BCUT2D eigenvalue weighted by Gasteiger charge is -2.12. The lowest BCUT2D eigenvalue weighted by Crippen LogP contribution is -2.27. The molecule has 1 heterocycles. The topological polar surface area (TPSA) is 73.6 Å². The van der Waals surface area contributed by atoms with Gasteiger partial charge in [0.1, 0.15) is 17.6 Å². The SMILES string of the molecule is COc1cccc(COC(C)C(=O)Nc2cc(C)on2)c1. The van der Waals surface area contributed by atoms with Crippen LogP contribution >= 0.6 is 0 Å². The molecular formula is C15H18N2O4. The van der Waals surface area contributed by atoms with Crippen molar-refractivity contribution in [2.75, 3.05) is 12.4 Å². The third kappa shape index (κ3) is 4.32. The molecular weight excluding hydrogens is 272 g/mol. The van der Waals surface area contributed by atoms with Gasteiger partial charge in [-0.25, -0.2) is 0 Å². The van der Waals surface area contributed by atoms with Crippen LogP contribution in [0.1, 0.15) is 18.2 Å². The van der Waals surface area contributed by atoms with E-state index in [1.54, 1.807) is 27.0 Å². The number of anilines is 1. The first-order valence-electron chi connectivity index (χ1n) is 6.57. The molecule has 1 unspecified atom stereocenters. The number of ether oxygens (including phenoxy) is 2. The maximum Gasteiger partial charge on any atom is 0.254 e. The van der Waals surface area contributed by atoms with Crippen molar-refractivity contribution < 1.29 is 18.8 Å². The Labute approximate surface area is 123 Å². The van der Waals surface area contributed by atoms with Gasteiger partial charge in [-0.1, -0.05) is 17.3 Å². The van der Waals surface area contributed by atoms with E-state index in [0.29, 0.717) is 18.2 Å². The maximum absolute atomic E-state index is 11.9. The standard InChI is InChI=1S/C15H18N2O4/c1-10-7-14(17-21-10)16-15(18)11(2)20-9-12-5-4-6-13(8-12)19-3/h4-8,11H,9H2,1-3H3,(H,16,17,18). The largest absolute Gasteiger partial charge is 0.497 e. The first-order chi connectivity index (χ1) is 10.1. The lowest BCUT2D eigenvalue weighted by molar-refractivity contribution is -0.127. The van der Waals surface area contributed by atoms with Crippen LogP contribution in [0.4, 0.5) is 5.82 Å². The molecule has 21 heavy (non-hydrogen) atoms. The van der Waals surface area contributed by atoms with E-state index < -0.39 is 6.10 Å². The molecule has 1 atom stereocenters. The molecule has 6 nitrogen and oxygen atoms in total. The van der Waals surface area contributed by atoms with Crippen molar-refractivity contribution in [2.45, 2.75) is 26.6 Å². The van der Waals surface area contributed by atoms with Crippen molar-refractivity contribution in [2.24, 2.45) is 0 Å². The zero-order chi connectivity index (χ0) is 15.2. The summed E-state index contributed by atoms with van der Waals surface area (Å²) in [6.07, 6.45) is -0.604. The van der Waals surface area contributed by atoms with Gasteiger partial charge in [0.05, 0.1) is 13.7 Å². The molecule has 0 aliphatic carbocycles. The number of hydrogen-bond acceptors (Lipinski definition) is 5. The van der Waals surface area contributed by atoms with Gasteiger partial charge in [0, 0.05) is 6.07 Å². The van der Waals surface area contributed by atoms with E-state index in [0.717, 1.165) is 11.3 Å². The quantitative estimate of drug-likeness (QED) is 0.885. The van der Waals surface area contributed by atoms with Gasteiger partial charge in [-0.05, 0) is 31.5 Å². The van der Waals surface area contributed by atoms with Crippen molar-refractivity contribution in [3.05, 3.63) is 41.7 Å². The van der Waals surface area contributed by atoms with E-state index in [2.05, 4.69) is 10.5 Å². The predicted molar refractivity (Wildman–Crippen MR) is 77.1 cm³/mol. The Balaban J connectivity index is 1.85. The lowest BCUT2D eigenvalue weighted by atomic mass is 10.2. The first-order valence-corrected chi connectivity index (χ1v) is 6.57. The highest BCUT2D eigenvalue weighted by Gasteiger charge is 2.15. The first kappa shape index (κ1) is 15.1. The van der Waals surface area contributed by atoms with Crippen LogP contribution in [0.3, 0.4) is 0 Å². The maximum atomic E-state index is 11.9. The minimum Gasteiger partial charge on any atom is -0.497 e. The molecule has 1 aromatic heterocycles. The van der Waals surface area contributed by atoms with E-state index in [1.807, 2.05) is 24.3 Å². The summed E-state index contributed by atoms with van der Waals surface area (Å²) in [6.45, 7) is 3.76. The van der Waals surface area contributed by atoms with Gasteiger partial charge in [-0.2, -0.15) is 0 Å². The molecule has 0 radical (unpaired) electrons. The summed E-state index contributed by atoms with van der Waals surface area (Å²) in [5, 5.41) is 6.33. The summed E-state index contributed by atoms with van der Waals surface area (Å²) in [7, 11) is 1.61. The number of carbonyl (C=O) groups is 1. The molecule has 0 bridgehead atoms. The summed E-state index contributed by atoms with van der Waals surface area (Å²) in [5.41, 5.74) is 0.936.